The third kappa shape index (κ3) is 3.87. The van der Waals surface area contributed by atoms with Crippen molar-refractivity contribution >= 4 is 17.5 Å². The Morgan fingerprint density at radius 1 is 1.32 bits per heavy atom. The normalized spacial score (nSPS) is 19.3. The number of rotatable bonds is 6. The molecule has 0 unspecified atom stereocenters. The number of nitrogens with zero attached hydrogens (tertiary/aromatic N) is 1. The number of aryl methyl sites for hydroxylation is 1. The molecule has 1 aromatic carbocycles. The highest BCUT2D eigenvalue weighted by atomic mass is 16.2. The summed E-state index contributed by atoms with van der Waals surface area (Å²) in [6.07, 6.45) is 3.30. The predicted octanol–water partition coefficient (Wildman–Crippen LogP) is 2.91. The maximum atomic E-state index is 12.3. The molecule has 0 bridgehead atoms. The zero-order valence-corrected chi connectivity index (χ0v) is 13.8. The number of carbonyl (C=O) groups is 2. The Balaban J connectivity index is 1.99. The van der Waals surface area contributed by atoms with Gasteiger partial charge in [-0.2, -0.15) is 0 Å². The largest absolute Gasteiger partial charge is 0.353 e. The lowest BCUT2D eigenvalue weighted by Gasteiger charge is -2.18. The quantitative estimate of drug-likeness (QED) is 0.878. The van der Waals surface area contributed by atoms with Gasteiger partial charge in [-0.05, 0) is 37.5 Å². The molecule has 1 fully saturated rings. The van der Waals surface area contributed by atoms with Gasteiger partial charge in [0.15, 0.2) is 0 Å². The van der Waals surface area contributed by atoms with Crippen molar-refractivity contribution in [2.45, 2.75) is 52.5 Å². The average molecular weight is 302 g/mol. The first kappa shape index (κ1) is 16.5. The SMILES string of the molecule is CCC[C@H](C)NC(=O)[C@H]1CC(=O)N(c2ccc(CC)cc2)C1. The topological polar surface area (TPSA) is 49.4 Å². The van der Waals surface area contributed by atoms with Crippen LogP contribution in [0.1, 0.15) is 45.6 Å². The third-order valence-corrected chi connectivity index (χ3v) is 4.26. The van der Waals surface area contributed by atoms with Crippen molar-refractivity contribution < 1.29 is 9.59 Å². The summed E-state index contributed by atoms with van der Waals surface area (Å²) in [7, 11) is 0. The standard InChI is InChI=1S/C18H26N2O2/c1-4-6-13(3)19-18(22)15-11-17(21)20(12-15)16-9-7-14(5-2)8-10-16/h7-10,13,15H,4-6,11-12H2,1-3H3,(H,19,22)/t13-,15-/m0/s1. The van der Waals surface area contributed by atoms with Crippen LogP contribution in [0.15, 0.2) is 24.3 Å². The number of anilines is 1. The Labute approximate surface area is 132 Å². The van der Waals surface area contributed by atoms with Crippen LogP contribution in [-0.4, -0.2) is 24.4 Å². The van der Waals surface area contributed by atoms with Crippen molar-refractivity contribution in [2.24, 2.45) is 5.92 Å². The fourth-order valence-corrected chi connectivity index (χ4v) is 2.91. The minimum Gasteiger partial charge on any atom is -0.353 e. The molecular weight excluding hydrogens is 276 g/mol. The number of hydrogen-bond donors (Lipinski definition) is 1. The Morgan fingerprint density at radius 3 is 2.59 bits per heavy atom. The number of amides is 2. The fourth-order valence-electron chi connectivity index (χ4n) is 2.91. The van der Waals surface area contributed by atoms with Crippen LogP contribution >= 0.6 is 0 Å². The molecule has 120 valence electrons. The molecule has 1 saturated heterocycles. The average Bonchev–Trinajstić information content (AvgIpc) is 2.89. The van der Waals surface area contributed by atoms with E-state index in [0.29, 0.717) is 13.0 Å². The van der Waals surface area contributed by atoms with Gasteiger partial charge in [0.25, 0.3) is 0 Å². The molecule has 0 spiro atoms. The van der Waals surface area contributed by atoms with E-state index in [0.717, 1.165) is 24.9 Å². The van der Waals surface area contributed by atoms with Crippen molar-refractivity contribution in [1.29, 1.82) is 0 Å². The molecule has 1 aliphatic heterocycles. The smallest absolute Gasteiger partial charge is 0.227 e. The second-order valence-electron chi connectivity index (χ2n) is 6.12. The maximum Gasteiger partial charge on any atom is 0.227 e. The van der Waals surface area contributed by atoms with Crippen molar-refractivity contribution in [2.75, 3.05) is 11.4 Å². The summed E-state index contributed by atoms with van der Waals surface area (Å²) in [5.74, 6) is -0.202. The van der Waals surface area contributed by atoms with Crippen molar-refractivity contribution in [1.82, 2.24) is 5.32 Å². The molecule has 2 atom stereocenters. The van der Waals surface area contributed by atoms with Gasteiger partial charge in [-0.1, -0.05) is 32.4 Å². The van der Waals surface area contributed by atoms with E-state index in [1.165, 1.54) is 5.56 Å². The highest BCUT2D eigenvalue weighted by Gasteiger charge is 2.35. The van der Waals surface area contributed by atoms with Crippen LogP contribution in [0.5, 0.6) is 0 Å². The first-order chi connectivity index (χ1) is 10.5. The Kier molecular flexibility index (Phi) is 5.58. The second-order valence-corrected chi connectivity index (χ2v) is 6.12. The van der Waals surface area contributed by atoms with E-state index in [-0.39, 0.29) is 23.8 Å². The lowest BCUT2D eigenvalue weighted by Crippen LogP contribution is -2.38. The van der Waals surface area contributed by atoms with Gasteiger partial charge >= 0.3 is 0 Å². The van der Waals surface area contributed by atoms with Gasteiger partial charge in [0.2, 0.25) is 11.8 Å². The van der Waals surface area contributed by atoms with E-state index in [4.69, 9.17) is 0 Å². The lowest BCUT2D eigenvalue weighted by atomic mass is 10.1. The van der Waals surface area contributed by atoms with E-state index in [9.17, 15) is 9.59 Å². The van der Waals surface area contributed by atoms with Gasteiger partial charge in [0.05, 0.1) is 5.92 Å². The van der Waals surface area contributed by atoms with Gasteiger partial charge in [0.1, 0.15) is 0 Å². The van der Waals surface area contributed by atoms with Gasteiger partial charge in [-0.3, -0.25) is 9.59 Å². The fraction of sp³-hybridized carbons (Fsp3) is 0.556. The lowest BCUT2D eigenvalue weighted by molar-refractivity contribution is -0.126. The summed E-state index contributed by atoms with van der Waals surface area (Å²) < 4.78 is 0. The van der Waals surface area contributed by atoms with Crippen molar-refractivity contribution in [3.05, 3.63) is 29.8 Å². The molecule has 2 amide bonds. The molecule has 2 rings (SSSR count). The maximum absolute atomic E-state index is 12.3. The number of carbonyl (C=O) groups excluding carboxylic acids is 2. The summed E-state index contributed by atoms with van der Waals surface area (Å²) in [6, 6.07) is 8.19. The summed E-state index contributed by atoms with van der Waals surface area (Å²) in [5.41, 5.74) is 2.14. The molecule has 1 heterocycles. The van der Waals surface area contributed by atoms with E-state index in [1.54, 1.807) is 4.90 Å². The van der Waals surface area contributed by atoms with Crippen LogP contribution < -0.4 is 10.2 Å². The van der Waals surface area contributed by atoms with E-state index in [1.807, 2.05) is 31.2 Å². The summed E-state index contributed by atoms with van der Waals surface area (Å²) in [4.78, 5) is 26.2. The van der Waals surface area contributed by atoms with Crippen LogP contribution in [0.25, 0.3) is 0 Å². The molecule has 0 saturated carbocycles. The second kappa shape index (κ2) is 7.43. The molecule has 1 N–H and O–H groups in total. The van der Waals surface area contributed by atoms with Crippen molar-refractivity contribution in [3.63, 3.8) is 0 Å². The van der Waals surface area contributed by atoms with Gasteiger partial charge < -0.3 is 10.2 Å². The van der Waals surface area contributed by atoms with Crippen LogP contribution in [0.4, 0.5) is 5.69 Å². The van der Waals surface area contributed by atoms with Crippen LogP contribution in [0.2, 0.25) is 0 Å². The molecule has 0 radical (unpaired) electrons. The molecular formula is C18H26N2O2. The monoisotopic (exact) mass is 302 g/mol. The molecule has 0 aromatic heterocycles. The Hall–Kier alpha value is -1.84. The van der Waals surface area contributed by atoms with Gasteiger partial charge in [-0.25, -0.2) is 0 Å². The molecule has 22 heavy (non-hydrogen) atoms. The molecule has 1 aliphatic rings. The third-order valence-electron chi connectivity index (χ3n) is 4.26. The zero-order valence-electron chi connectivity index (χ0n) is 13.8. The first-order valence-electron chi connectivity index (χ1n) is 8.24. The van der Waals surface area contributed by atoms with Gasteiger partial charge in [-0.15, -0.1) is 0 Å². The van der Waals surface area contributed by atoms with E-state index in [2.05, 4.69) is 19.2 Å². The summed E-state index contributed by atoms with van der Waals surface area (Å²) >= 11 is 0. The molecule has 0 aliphatic carbocycles. The van der Waals surface area contributed by atoms with Crippen molar-refractivity contribution in [3.8, 4) is 0 Å². The van der Waals surface area contributed by atoms with E-state index >= 15 is 0 Å². The number of nitrogens with one attached hydrogen (secondary N) is 1. The Bertz CT molecular complexity index is 524. The predicted molar refractivity (Wildman–Crippen MR) is 88.8 cm³/mol. The zero-order chi connectivity index (χ0) is 16.1. The molecule has 1 aromatic rings. The summed E-state index contributed by atoms with van der Waals surface area (Å²) in [5, 5.41) is 3.02. The Morgan fingerprint density at radius 2 is 2.00 bits per heavy atom. The van der Waals surface area contributed by atoms with Crippen LogP contribution in [-0.2, 0) is 16.0 Å². The number of benzene rings is 1. The highest BCUT2D eigenvalue weighted by molar-refractivity contribution is 6.00. The van der Waals surface area contributed by atoms with Gasteiger partial charge in [0, 0.05) is 24.7 Å². The van der Waals surface area contributed by atoms with E-state index < -0.39 is 0 Å². The minimum atomic E-state index is -0.238. The minimum absolute atomic E-state index is 0.00183. The number of hydrogen-bond acceptors (Lipinski definition) is 2. The van der Waals surface area contributed by atoms with Crippen LogP contribution in [0.3, 0.4) is 0 Å². The first-order valence-corrected chi connectivity index (χ1v) is 8.24. The highest BCUT2D eigenvalue weighted by Crippen LogP contribution is 2.25. The van der Waals surface area contributed by atoms with Crippen LogP contribution in [0, 0.1) is 5.92 Å². The molecule has 4 nitrogen and oxygen atoms in total. The molecule has 4 heteroatoms. The summed E-state index contributed by atoms with van der Waals surface area (Å²) in [6.45, 7) is 6.70.